The third-order valence-electron chi connectivity index (χ3n) is 1.91. The summed E-state index contributed by atoms with van der Waals surface area (Å²) in [4.78, 5) is 0. The molecule has 3 nitrogen and oxygen atoms in total. The molecule has 0 aliphatic carbocycles. The fourth-order valence-corrected chi connectivity index (χ4v) is 1.11. The number of nitrogens with two attached hydrogens (primary N) is 1. The van der Waals surface area contributed by atoms with Crippen LogP contribution in [-0.2, 0) is 0 Å². The standard InChI is InChI=1S/C9H11F2NO2/c10-5-2-1-3-6(11)8(5)9(14)7(12)4-13/h1-3,7,9,13-14H,4,12H2. The van der Waals surface area contributed by atoms with Gasteiger partial charge in [-0.15, -0.1) is 0 Å². The lowest BCUT2D eigenvalue weighted by Gasteiger charge is -2.17. The van der Waals surface area contributed by atoms with Crippen molar-refractivity contribution in [1.82, 2.24) is 0 Å². The first-order valence-electron chi connectivity index (χ1n) is 4.06. The van der Waals surface area contributed by atoms with Crippen LogP contribution in [0.15, 0.2) is 18.2 Å². The van der Waals surface area contributed by atoms with Gasteiger partial charge in [0.15, 0.2) is 0 Å². The zero-order chi connectivity index (χ0) is 10.7. The fraction of sp³-hybridized carbons (Fsp3) is 0.333. The fourth-order valence-electron chi connectivity index (χ4n) is 1.11. The Labute approximate surface area is 79.8 Å². The van der Waals surface area contributed by atoms with E-state index in [1.807, 2.05) is 0 Å². The highest BCUT2D eigenvalue weighted by atomic mass is 19.1. The van der Waals surface area contributed by atoms with Gasteiger partial charge >= 0.3 is 0 Å². The van der Waals surface area contributed by atoms with E-state index in [9.17, 15) is 13.9 Å². The van der Waals surface area contributed by atoms with Gasteiger partial charge in [-0.25, -0.2) is 8.78 Å². The van der Waals surface area contributed by atoms with E-state index in [1.54, 1.807) is 0 Å². The number of aliphatic hydroxyl groups is 2. The molecule has 0 bridgehead atoms. The van der Waals surface area contributed by atoms with Crippen LogP contribution in [0, 0.1) is 11.6 Å². The van der Waals surface area contributed by atoms with E-state index < -0.39 is 36.0 Å². The van der Waals surface area contributed by atoms with Gasteiger partial charge in [-0.2, -0.15) is 0 Å². The predicted molar refractivity (Wildman–Crippen MR) is 46.4 cm³/mol. The van der Waals surface area contributed by atoms with E-state index in [0.29, 0.717) is 0 Å². The van der Waals surface area contributed by atoms with Gasteiger partial charge in [-0.3, -0.25) is 0 Å². The molecule has 4 N–H and O–H groups in total. The molecular weight excluding hydrogens is 192 g/mol. The molecule has 1 aromatic rings. The van der Waals surface area contributed by atoms with Crippen LogP contribution in [0.2, 0.25) is 0 Å². The first-order valence-corrected chi connectivity index (χ1v) is 4.06. The topological polar surface area (TPSA) is 66.5 Å². The van der Waals surface area contributed by atoms with E-state index in [2.05, 4.69) is 0 Å². The van der Waals surface area contributed by atoms with E-state index >= 15 is 0 Å². The quantitative estimate of drug-likeness (QED) is 0.662. The van der Waals surface area contributed by atoms with Gasteiger partial charge in [-0.05, 0) is 12.1 Å². The molecule has 78 valence electrons. The summed E-state index contributed by atoms with van der Waals surface area (Å²) in [6, 6.07) is 2.13. The number of aliphatic hydroxyl groups excluding tert-OH is 2. The molecule has 5 heteroatoms. The van der Waals surface area contributed by atoms with Gasteiger partial charge in [0.1, 0.15) is 17.7 Å². The number of hydrogen-bond acceptors (Lipinski definition) is 3. The number of halogens is 2. The molecule has 0 radical (unpaired) electrons. The Morgan fingerprint density at radius 2 is 1.79 bits per heavy atom. The summed E-state index contributed by atoms with van der Waals surface area (Å²) in [6.45, 7) is -0.547. The van der Waals surface area contributed by atoms with E-state index in [-0.39, 0.29) is 0 Å². The van der Waals surface area contributed by atoms with Crippen molar-refractivity contribution in [2.75, 3.05) is 6.61 Å². The van der Waals surface area contributed by atoms with Gasteiger partial charge in [0.25, 0.3) is 0 Å². The van der Waals surface area contributed by atoms with Gasteiger partial charge < -0.3 is 15.9 Å². The Morgan fingerprint density at radius 3 is 2.21 bits per heavy atom. The maximum atomic E-state index is 13.1. The molecule has 0 aliphatic rings. The lowest BCUT2D eigenvalue weighted by Crippen LogP contribution is -2.33. The molecule has 0 heterocycles. The van der Waals surface area contributed by atoms with Gasteiger partial charge in [0.2, 0.25) is 0 Å². The van der Waals surface area contributed by atoms with E-state index in [4.69, 9.17) is 10.8 Å². The minimum absolute atomic E-state index is 0.506. The highest BCUT2D eigenvalue weighted by Gasteiger charge is 2.22. The molecule has 0 fully saturated rings. The summed E-state index contributed by atoms with van der Waals surface area (Å²) in [5, 5.41) is 18.0. The van der Waals surface area contributed by atoms with Gasteiger partial charge in [0.05, 0.1) is 18.2 Å². The number of benzene rings is 1. The Balaban J connectivity index is 3.05. The van der Waals surface area contributed by atoms with Crippen LogP contribution in [0.1, 0.15) is 11.7 Å². The Kier molecular flexibility index (Phi) is 3.51. The van der Waals surface area contributed by atoms with Crippen LogP contribution in [0.4, 0.5) is 8.78 Å². The zero-order valence-corrected chi connectivity index (χ0v) is 7.32. The molecule has 1 aromatic carbocycles. The minimum atomic E-state index is -1.54. The van der Waals surface area contributed by atoms with Crippen LogP contribution in [0.25, 0.3) is 0 Å². The smallest absolute Gasteiger partial charge is 0.132 e. The second-order valence-electron chi connectivity index (χ2n) is 2.93. The Hall–Kier alpha value is -1.04. The van der Waals surface area contributed by atoms with Crippen molar-refractivity contribution in [1.29, 1.82) is 0 Å². The molecule has 0 aliphatic heterocycles. The highest BCUT2D eigenvalue weighted by molar-refractivity contribution is 5.23. The molecule has 0 saturated heterocycles. The van der Waals surface area contributed by atoms with E-state index in [0.717, 1.165) is 12.1 Å². The maximum Gasteiger partial charge on any atom is 0.132 e. The first-order chi connectivity index (χ1) is 6.57. The summed E-state index contributed by atoms with van der Waals surface area (Å²) in [5.41, 5.74) is 4.75. The molecule has 14 heavy (non-hydrogen) atoms. The maximum absolute atomic E-state index is 13.1. The molecular formula is C9H11F2NO2. The molecule has 2 unspecified atom stereocenters. The van der Waals surface area contributed by atoms with Crippen LogP contribution in [-0.4, -0.2) is 22.9 Å². The SMILES string of the molecule is NC(CO)C(O)c1c(F)cccc1F. The lowest BCUT2D eigenvalue weighted by molar-refractivity contribution is 0.103. The summed E-state index contributed by atoms with van der Waals surface area (Å²) < 4.78 is 26.1. The third-order valence-corrected chi connectivity index (χ3v) is 1.91. The summed E-state index contributed by atoms with van der Waals surface area (Å²) in [6.07, 6.45) is -1.54. The van der Waals surface area contributed by atoms with Crippen LogP contribution in [0.3, 0.4) is 0 Å². The molecule has 0 saturated carbocycles. The second kappa shape index (κ2) is 4.45. The van der Waals surface area contributed by atoms with E-state index in [1.165, 1.54) is 6.07 Å². The van der Waals surface area contributed by atoms with Crippen LogP contribution in [0.5, 0.6) is 0 Å². The molecule has 2 atom stereocenters. The number of hydrogen-bond donors (Lipinski definition) is 3. The van der Waals surface area contributed by atoms with Crippen molar-refractivity contribution in [3.8, 4) is 0 Å². The van der Waals surface area contributed by atoms with Crippen LogP contribution >= 0.6 is 0 Å². The Bertz CT molecular complexity index is 299. The lowest BCUT2D eigenvalue weighted by atomic mass is 10.0. The summed E-state index contributed by atoms with van der Waals surface area (Å²) >= 11 is 0. The van der Waals surface area contributed by atoms with Crippen molar-refractivity contribution >= 4 is 0 Å². The monoisotopic (exact) mass is 203 g/mol. The Morgan fingerprint density at radius 1 is 1.29 bits per heavy atom. The van der Waals surface area contributed by atoms with Crippen molar-refractivity contribution < 1.29 is 19.0 Å². The second-order valence-corrected chi connectivity index (χ2v) is 2.93. The molecule has 1 rings (SSSR count). The predicted octanol–water partition coefficient (Wildman–Crippen LogP) is 0.318. The average Bonchev–Trinajstić information content (AvgIpc) is 2.16. The van der Waals surface area contributed by atoms with Crippen molar-refractivity contribution in [3.05, 3.63) is 35.4 Å². The minimum Gasteiger partial charge on any atom is -0.395 e. The van der Waals surface area contributed by atoms with Gasteiger partial charge in [0, 0.05) is 0 Å². The number of rotatable bonds is 3. The molecule has 0 aromatic heterocycles. The van der Waals surface area contributed by atoms with Crippen molar-refractivity contribution in [2.45, 2.75) is 12.1 Å². The van der Waals surface area contributed by atoms with Crippen molar-refractivity contribution in [3.63, 3.8) is 0 Å². The molecule has 0 amide bonds. The largest absolute Gasteiger partial charge is 0.395 e. The normalized spacial score (nSPS) is 15.2. The summed E-state index contributed by atoms with van der Waals surface area (Å²) in [5.74, 6) is -1.75. The summed E-state index contributed by atoms with van der Waals surface area (Å²) in [7, 11) is 0. The van der Waals surface area contributed by atoms with Crippen LogP contribution < -0.4 is 5.73 Å². The van der Waals surface area contributed by atoms with Gasteiger partial charge in [-0.1, -0.05) is 6.07 Å². The highest BCUT2D eigenvalue weighted by Crippen LogP contribution is 2.22. The third kappa shape index (κ3) is 2.06. The molecule has 0 spiro atoms. The van der Waals surface area contributed by atoms with Crippen molar-refractivity contribution in [2.24, 2.45) is 5.73 Å². The average molecular weight is 203 g/mol. The zero-order valence-electron chi connectivity index (χ0n) is 7.32. The first kappa shape index (κ1) is 11.0.